The minimum absolute atomic E-state index is 0.0669. The molecule has 3 nitrogen and oxygen atoms in total. The smallest absolute Gasteiger partial charge is 0.258 e. The molecule has 2 rings (SSSR count). The number of hydrogen-bond acceptors (Lipinski definition) is 2. The molecule has 0 radical (unpaired) electrons. The molecule has 25 heavy (non-hydrogen) atoms. The van der Waals surface area contributed by atoms with Crippen LogP contribution in [0.15, 0.2) is 42.5 Å². The molecular formula is C20H23Cl2NO2. The van der Waals surface area contributed by atoms with Crippen molar-refractivity contribution in [2.24, 2.45) is 5.92 Å². The fraction of sp³-hybridized carbons (Fsp3) is 0.350. The van der Waals surface area contributed by atoms with E-state index in [2.05, 4.69) is 50.4 Å². The Hall–Kier alpha value is -1.71. The number of rotatable bonds is 7. The first-order valence-electron chi connectivity index (χ1n) is 8.36. The fourth-order valence-corrected chi connectivity index (χ4v) is 3.01. The number of halogens is 2. The van der Waals surface area contributed by atoms with Gasteiger partial charge in [-0.2, -0.15) is 0 Å². The summed E-state index contributed by atoms with van der Waals surface area (Å²) in [6, 6.07) is 13.2. The molecule has 134 valence electrons. The van der Waals surface area contributed by atoms with E-state index < -0.39 is 0 Å². The van der Waals surface area contributed by atoms with Crippen molar-refractivity contribution in [1.29, 1.82) is 0 Å². The number of ether oxygens (including phenoxy) is 1. The van der Waals surface area contributed by atoms with Gasteiger partial charge in [-0.05, 0) is 41.7 Å². The van der Waals surface area contributed by atoms with Gasteiger partial charge in [-0.1, -0.05) is 68.2 Å². The maximum absolute atomic E-state index is 12.3. The molecule has 1 N–H and O–H groups in total. The SMILES string of the molecule is CCc1ccc([C@@H](NC(=O)COc2ccc(Cl)cc2Cl)C(C)C)cc1. The number of aryl methyl sites for hydroxylation is 1. The average molecular weight is 380 g/mol. The van der Waals surface area contributed by atoms with Crippen molar-refractivity contribution in [3.05, 3.63) is 63.6 Å². The molecule has 1 atom stereocenters. The van der Waals surface area contributed by atoms with Crippen molar-refractivity contribution in [2.45, 2.75) is 33.2 Å². The van der Waals surface area contributed by atoms with Gasteiger partial charge in [0.05, 0.1) is 11.1 Å². The van der Waals surface area contributed by atoms with Crippen LogP contribution >= 0.6 is 23.2 Å². The highest BCUT2D eigenvalue weighted by atomic mass is 35.5. The zero-order valence-corrected chi connectivity index (χ0v) is 16.2. The minimum Gasteiger partial charge on any atom is -0.482 e. The van der Waals surface area contributed by atoms with Crippen molar-refractivity contribution >= 4 is 29.1 Å². The van der Waals surface area contributed by atoms with Crippen LogP contribution in [0.25, 0.3) is 0 Å². The van der Waals surface area contributed by atoms with Gasteiger partial charge in [0.2, 0.25) is 0 Å². The monoisotopic (exact) mass is 379 g/mol. The Bertz CT molecular complexity index is 714. The van der Waals surface area contributed by atoms with Crippen LogP contribution in [0.4, 0.5) is 0 Å². The molecule has 0 aliphatic carbocycles. The molecule has 0 spiro atoms. The summed E-state index contributed by atoms with van der Waals surface area (Å²) in [5, 5.41) is 3.95. The van der Waals surface area contributed by atoms with Crippen LogP contribution in [0.2, 0.25) is 10.0 Å². The zero-order chi connectivity index (χ0) is 18.4. The summed E-state index contributed by atoms with van der Waals surface area (Å²) in [7, 11) is 0. The summed E-state index contributed by atoms with van der Waals surface area (Å²) >= 11 is 11.9. The lowest BCUT2D eigenvalue weighted by atomic mass is 9.95. The first-order chi connectivity index (χ1) is 11.9. The summed E-state index contributed by atoms with van der Waals surface area (Å²) in [4.78, 5) is 12.3. The first-order valence-corrected chi connectivity index (χ1v) is 9.12. The normalized spacial score (nSPS) is 12.1. The molecule has 1 amide bonds. The Morgan fingerprint density at radius 2 is 1.80 bits per heavy atom. The summed E-state index contributed by atoms with van der Waals surface area (Å²) in [5.41, 5.74) is 2.36. The second-order valence-electron chi connectivity index (χ2n) is 6.25. The van der Waals surface area contributed by atoms with E-state index in [0.717, 1.165) is 12.0 Å². The van der Waals surface area contributed by atoms with E-state index in [9.17, 15) is 4.79 Å². The molecule has 0 aliphatic heterocycles. The summed E-state index contributed by atoms with van der Waals surface area (Å²) < 4.78 is 5.50. The quantitative estimate of drug-likeness (QED) is 0.694. The van der Waals surface area contributed by atoms with Gasteiger partial charge >= 0.3 is 0 Å². The van der Waals surface area contributed by atoms with E-state index in [1.807, 2.05) is 0 Å². The number of benzene rings is 2. The maximum atomic E-state index is 12.3. The molecule has 0 fully saturated rings. The average Bonchev–Trinajstić information content (AvgIpc) is 2.59. The molecule has 0 aromatic heterocycles. The predicted molar refractivity (Wildman–Crippen MR) is 103 cm³/mol. The fourth-order valence-electron chi connectivity index (χ4n) is 2.55. The van der Waals surface area contributed by atoms with Gasteiger partial charge in [-0.15, -0.1) is 0 Å². The zero-order valence-electron chi connectivity index (χ0n) is 14.7. The summed E-state index contributed by atoms with van der Waals surface area (Å²) in [5.74, 6) is 0.509. The number of amides is 1. The second-order valence-corrected chi connectivity index (χ2v) is 7.09. The van der Waals surface area contributed by atoms with Crippen molar-refractivity contribution in [3.8, 4) is 5.75 Å². The van der Waals surface area contributed by atoms with Crippen LogP contribution in [-0.2, 0) is 11.2 Å². The van der Waals surface area contributed by atoms with Gasteiger partial charge < -0.3 is 10.1 Å². The van der Waals surface area contributed by atoms with Crippen molar-refractivity contribution in [2.75, 3.05) is 6.61 Å². The molecule has 2 aromatic carbocycles. The molecule has 2 aromatic rings. The van der Waals surface area contributed by atoms with Gasteiger partial charge in [0.25, 0.3) is 5.91 Å². The van der Waals surface area contributed by atoms with Crippen LogP contribution < -0.4 is 10.1 Å². The Morgan fingerprint density at radius 1 is 1.12 bits per heavy atom. The number of carbonyl (C=O) groups is 1. The molecule has 5 heteroatoms. The third-order valence-corrected chi connectivity index (χ3v) is 4.51. The summed E-state index contributed by atoms with van der Waals surface area (Å²) in [6.45, 7) is 6.18. The number of hydrogen-bond donors (Lipinski definition) is 1. The van der Waals surface area contributed by atoms with E-state index in [0.29, 0.717) is 15.8 Å². The standard InChI is InChI=1S/C20H23Cl2NO2/c1-4-14-5-7-15(8-6-14)20(13(2)3)23-19(24)12-25-18-10-9-16(21)11-17(18)22/h5-11,13,20H,4,12H2,1-3H3,(H,23,24)/t20-/m0/s1. The third-order valence-electron chi connectivity index (χ3n) is 3.98. The Labute approximate surface area is 159 Å². The molecular weight excluding hydrogens is 357 g/mol. The van der Waals surface area contributed by atoms with Crippen LogP contribution in [0.5, 0.6) is 5.75 Å². The molecule has 0 aliphatic rings. The maximum Gasteiger partial charge on any atom is 0.258 e. The van der Waals surface area contributed by atoms with Gasteiger partial charge in [0, 0.05) is 5.02 Å². The van der Waals surface area contributed by atoms with Crippen LogP contribution in [0.1, 0.15) is 37.9 Å². The van der Waals surface area contributed by atoms with E-state index >= 15 is 0 Å². The van der Waals surface area contributed by atoms with Crippen LogP contribution in [0.3, 0.4) is 0 Å². The van der Waals surface area contributed by atoms with Crippen molar-refractivity contribution < 1.29 is 9.53 Å². The lowest BCUT2D eigenvalue weighted by molar-refractivity contribution is -0.124. The highest BCUT2D eigenvalue weighted by Crippen LogP contribution is 2.27. The van der Waals surface area contributed by atoms with Gasteiger partial charge in [-0.3, -0.25) is 4.79 Å². The van der Waals surface area contributed by atoms with Crippen molar-refractivity contribution in [3.63, 3.8) is 0 Å². The van der Waals surface area contributed by atoms with Crippen LogP contribution in [-0.4, -0.2) is 12.5 Å². The highest BCUT2D eigenvalue weighted by Gasteiger charge is 2.18. The van der Waals surface area contributed by atoms with Crippen LogP contribution in [0, 0.1) is 5.92 Å². The topological polar surface area (TPSA) is 38.3 Å². The molecule has 0 saturated heterocycles. The lowest BCUT2D eigenvalue weighted by Gasteiger charge is -2.23. The number of carbonyl (C=O) groups excluding carboxylic acids is 1. The Balaban J connectivity index is 1.99. The van der Waals surface area contributed by atoms with E-state index in [1.54, 1.807) is 18.2 Å². The minimum atomic E-state index is -0.190. The largest absolute Gasteiger partial charge is 0.482 e. The van der Waals surface area contributed by atoms with Crippen molar-refractivity contribution in [1.82, 2.24) is 5.32 Å². The summed E-state index contributed by atoms with van der Waals surface area (Å²) in [6.07, 6.45) is 0.995. The van der Waals surface area contributed by atoms with E-state index in [4.69, 9.17) is 27.9 Å². The van der Waals surface area contributed by atoms with E-state index in [-0.39, 0.29) is 24.5 Å². The molecule has 0 heterocycles. The Morgan fingerprint density at radius 3 is 2.36 bits per heavy atom. The molecule has 0 bridgehead atoms. The van der Waals surface area contributed by atoms with E-state index in [1.165, 1.54) is 5.56 Å². The predicted octanol–water partition coefficient (Wildman–Crippen LogP) is 5.45. The third kappa shape index (κ3) is 5.65. The van der Waals surface area contributed by atoms with Gasteiger partial charge in [0.1, 0.15) is 5.75 Å². The van der Waals surface area contributed by atoms with Gasteiger partial charge in [-0.25, -0.2) is 0 Å². The van der Waals surface area contributed by atoms with Gasteiger partial charge in [0.15, 0.2) is 6.61 Å². The number of nitrogens with one attached hydrogen (secondary N) is 1. The first kappa shape index (κ1) is 19.6. The second kappa shape index (κ2) is 9.12. The molecule has 0 saturated carbocycles. The Kier molecular flexibility index (Phi) is 7.15. The lowest BCUT2D eigenvalue weighted by Crippen LogP contribution is -2.35. The molecule has 0 unspecified atom stereocenters. The highest BCUT2D eigenvalue weighted by molar-refractivity contribution is 6.35.